The van der Waals surface area contributed by atoms with Gasteiger partial charge >= 0.3 is 0 Å². The van der Waals surface area contributed by atoms with Gasteiger partial charge < -0.3 is 10.1 Å². The number of hydrogen-bond donors (Lipinski definition) is 1. The highest BCUT2D eigenvalue weighted by atomic mass is 16.5. The van der Waals surface area contributed by atoms with Gasteiger partial charge in [0.15, 0.2) is 0 Å². The van der Waals surface area contributed by atoms with E-state index in [1.54, 1.807) is 7.11 Å². The van der Waals surface area contributed by atoms with Crippen LogP contribution in [0.1, 0.15) is 30.4 Å². The number of aryl methyl sites for hydroxylation is 1. The number of rotatable bonds is 6. The summed E-state index contributed by atoms with van der Waals surface area (Å²) in [4.78, 5) is 0. The molecule has 2 heteroatoms. The van der Waals surface area contributed by atoms with E-state index in [4.69, 9.17) is 4.74 Å². The van der Waals surface area contributed by atoms with E-state index in [2.05, 4.69) is 36.5 Å². The van der Waals surface area contributed by atoms with Crippen LogP contribution in [-0.2, 0) is 10.2 Å². The molecule has 0 saturated heterocycles. The van der Waals surface area contributed by atoms with Gasteiger partial charge in [0.1, 0.15) is 0 Å². The van der Waals surface area contributed by atoms with Gasteiger partial charge in [0.05, 0.1) is 6.61 Å². The predicted octanol–water partition coefficient (Wildman–Crippen LogP) is 2.65. The summed E-state index contributed by atoms with van der Waals surface area (Å²) in [6.07, 6.45) is 3.99. The van der Waals surface area contributed by atoms with Crippen molar-refractivity contribution in [2.24, 2.45) is 0 Å². The zero-order valence-electron chi connectivity index (χ0n) is 11.0. The van der Waals surface area contributed by atoms with Crippen molar-refractivity contribution in [1.29, 1.82) is 0 Å². The topological polar surface area (TPSA) is 21.3 Å². The first-order valence-corrected chi connectivity index (χ1v) is 6.54. The lowest BCUT2D eigenvalue weighted by Crippen LogP contribution is -2.44. The molecule has 0 atom stereocenters. The van der Waals surface area contributed by atoms with Crippen molar-refractivity contribution in [3.8, 4) is 0 Å². The zero-order chi connectivity index (χ0) is 12.1. The van der Waals surface area contributed by atoms with Gasteiger partial charge in [-0.15, -0.1) is 0 Å². The van der Waals surface area contributed by atoms with Crippen LogP contribution in [-0.4, -0.2) is 26.8 Å². The van der Waals surface area contributed by atoms with Crippen LogP contribution >= 0.6 is 0 Å². The third kappa shape index (κ3) is 2.88. The molecule has 2 rings (SSSR count). The molecule has 1 N–H and O–H groups in total. The van der Waals surface area contributed by atoms with Crippen LogP contribution in [0, 0.1) is 6.92 Å². The van der Waals surface area contributed by atoms with Crippen molar-refractivity contribution in [3.63, 3.8) is 0 Å². The third-order valence-electron chi connectivity index (χ3n) is 3.89. The summed E-state index contributed by atoms with van der Waals surface area (Å²) in [5.74, 6) is 0. The first-order valence-electron chi connectivity index (χ1n) is 6.54. The minimum absolute atomic E-state index is 0.389. The molecule has 2 nitrogen and oxygen atoms in total. The number of ether oxygens (including phenoxy) is 1. The normalized spacial score (nSPS) is 17.8. The highest BCUT2D eigenvalue weighted by Gasteiger charge is 2.37. The van der Waals surface area contributed by atoms with Crippen molar-refractivity contribution in [2.45, 2.75) is 31.6 Å². The highest BCUT2D eigenvalue weighted by molar-refractivity contribution is 5.32. The van der Waals surface area contributed by atoms with Gasteiger partial charge in [-0.25, -0.2) is 0 Å². The Morgan fingerprint density at radius 2 is 2.18 bits per heavy atom. The molecule has 1 aromatic rings. The molecule has 17 heavy (non-hydrogen) atoms. The summed E-state index contributed by atoms with van der Waals surface area (Å²) in [7, 11) is 1.75. The number of methoxy groups -OCH3 is 1. The van der Waals surface area contributed by atoms with E-state index < -0.39 is 0 Å². The van der Waals surface area contributed by atoms with Crippen LogP contribution in [0.3, 0.4) is 0 Å². The van der Waals surface area contributed by atoms with E-state index in [1.807, 2.05) is 0 Å². The van der Waals surface area contributed by atoms with Crippen molar-refractivity contribution < 1.29 is 4.74 Å². The van der Waals surface area contributed by atoms with Gasteiger partial charge in [-0.05, 0) is 25.3 Å². The van der Waals surface area contributed by atoms with Crippen molar-refractivity contribution in [2.75, 3.05) is 26.8 Å². The molecule has 1 saturated carbocycles. The average Bonchev–Trinajstić information content (AvgIpc) is 2.27. The second-order valence-electron chi connectivity index (χ2n) is 5.17. The summed E-state index contributed by atoms with van der Waals surface area (Å²) in [6.45, 7) is 5.00. The monoisotopic (exact) mass is 233 g/mol. The van der Waals surface area contributed by atoms with Gasteiger partial charge in [0.25, 0.3) is 0 Å². The predicted molar refractivity (Wildman–Crippen MR) is 71.5 cm³/mol. The van der Waals surface area contributed by atoms with Crippen LogP contribution in [0.5, 0.6) is 0 Å². The van der Waals surface area contributed by atoms with Crippen molar-refractivity contribution in [3.05, 3.63) is 35.4 Å². The second-order valence-corrected chi connectivity index (χ2v) is 5.17. The molecular weight excluding hydrogens is 210 g/mol. The highest BCUT2D eigenvalue weighted by Crippen LogP contribution is 2.43. The minimum Gasteiger partial charge on any atom is -0.383 e. The summed E-state index contributed by atoms with van der Waals surface area (Å²) in [5.41, 5.74) is 3.26. The van der Waals surface area contributed by atoms with Gasteiger partial charge in [0, 0.05) is 25.6 Å². The van der Waals surface area contributed by atoms with Crippen LogP contribution in [0.15, 0.2) is 24.3 Å². The Morgan fingerprint density at radius 1 is 1.35 bits per heavy atom. The van der Waals surface area contributed by atoms with Gasteiger partial charge in [-0.2, -0.15) is 0 Å². The number of hydrogen-bond acceptors (Lipinski definition) is 2. The molecule has 1 aromatic carbocycles. The maximum absolute atomic E-state index is 5.07. The Morgan fingerprint density at radius 3 is 2.76 bits per heavy atom. The molecule has 0 radical (unpaired) electrons. The SMILES string of the molecule is COCCNCC1(c2cccc(C)c2)CCC1. The quantitative estimate of drug-likeness (QED) is 0.763. The molecule has 0 heterocycles. The molecule has 0 spiro atoms. The lowest BCUT2D eigenvalue weighted by atomic mass is 9.64. The van der Waals surface area contributed by atoms with Crippen LogP contribution in [0.2, 0.25) is 0 Å². The molecule has 0 bridgehead atoms. The van der Waals surface area contributed by atoms with E-state index in [9.17, 15) is 0 Å². The van der Waals surface area contributed by atoms with Gasteiger partial charge in [-0.1, -0.05) is 36.2 Å². The fourth-order valence-corrected chi connectivity index (χ4v) is 2.65. The summed E-state index contributed by atoms with van der Waals surface area (Å²) < 4.78 is 5.07. The average molecular weight is 233 g/mol. The molecule has 0 aliphatic heterocycles. The van der Waals surface area contributed by atoms with Crippen molar-refractivity contribution in [1.82, 2.24) is 5.32 Å². The molecule has 1 aliphatic carbocycles. The molecule has 94 valence electrons. The second kappa shape index (κ2) is 5.65. The summed E-state index contributed by atoms with van der Waals surface area (Å²) in [5, 5.41) is 3.52. The van der Waals surface area contributed by atoms with Gasteiger partial charge in [0.2, 0.25) is 0 Å². The first kappa shape index (κ1) is 12.6. The molecule has 1 fully saturated rings. The molecule has 0 amide bonds. The standard InChI is InChI=1S/C15H23NO/c1-13-5-3-6-14(11-13)15(7-4-8-15)12-16-9-10-17-2/h3,5-6,11,16H,4,7-10,12H2,1-2H3. The van der Waals surface area contributed by atoms with Crippen LogP contribution in [0.25, 0.3) is 0 Å². The van der Waals surface area contributed by atoms with E-state index in [1.165, 1.54) is 30.4 Å². The molecule has 1 aliphatic rings. The third-order valence-corrected chi connectivity index (χ3v) is 3.89. The Labute approximate surface area is 104 Å². The Bertz CT molecular complexity index is 358. The maximum atomic E-state index is 5.07. The van der Waals surface area contributed by atoms with Crippen molar-refractivity contribution >= 4 is 0 Å². The van der Waals surface area contributed by atoms with E-state index in [-0.39, 0.29) is 0 Å². The Hall–Kier alpha value is -0.860. The Balaban J connectivity index is 1.99. The molecular formula is C15H23NO. The fourth-order valence-electron chi connectivity index (χ4n) is 2.65. The van der Waals surface area contributed by atoms with E-state index >= 15 is 0 Å². The van der Waals surface area contributed by atoms with Gasteiger partial charge in [-0.3, -0.25) is 0 Å². The molecule has 0 aromatic heterocycles. The zero-order valence-corrected chi connectivity index (χ0v) is 11.0. The smallest absolute Gasteiger partial charge is 0.0587 e. The van der Waals surface area contributed by atoms with E-state index in [0.717, 1.165) is 19.7 Å². The summed E-state index contributed by atoms with van der Waals surface area (Å²) in [6, 6.07) is 8.98. The molecule has 0 unspecified atom stereocenters. The number of nitrogens with one attached hydrogen (secondary N) is 1. The fraction of sp³-hybridized carbons (Fsp3) is 0.600. The largest absolute Gasteiger partial charge is 0.383 e. The minimum atomic E-state index is 0.389. The first-order chi connectivity index (χ1) is 8.27. The number of benzene rings is 1. The summed E-state index contributed by atoms with van der Waals surface area (Å²) >= 11 is 0. The van der Waals surface area contributed by atoms with Crippen LogP contribution < -0.4 is 5.32 Å². The lowest BCUT2D eigenvalue weighted by molar-refractivity contribution is 0.185. The van der Waals surface area contributed by atoms with E-state index in [0.29, 0.717) is 5.41 Å². The Kier molecular flexibility index (Phi) is 4.19. The lowest BCUT2D eigenvalue weighted by Gasteiger charge is -2.43. The maximum Gasteiger partial charge on any atom is 0.0587 e. The van der Waals surface area contributed by atoms with Crippen LogP contribution in [0.4, 0.5) is 0 Å².